The first kappa shape index (κ1) is 20.5. The summed E-state index contributed by atoms with van der Waals surface area (Å²) in [6.45, 7) is 0.110. The van der Waals surface area contributed by atoms with Crippen molar-refractivity contribution < 1.29 is 14.4 Å². The van der Waals surface area contributed by atoms with Crippen LogP contribution in [-0.4, -0.2) is 40.7 Å². The number of nitrogens with one attached hydrogen (secondary N) is 2. The zero-order chi connectivity index (χ0) is 21.8. The van der Waals surface area contributed by atoms with Crippen LogP contribution >= 0.6 is 23.4 Å². The minimum absolute atomic E-state index is 0.110. The van der Waals surface area contributed by atoms with Crippen molar-refractivity contribution in [2.24, 2.45) is 11.8 Å². The van der Waals surface area contributed by atoms with Gasteiger partial charge in [-0.2, -0.15) is 11.8 Å². The number of imide groups is 1. The number of carbonyl (C=O) groups is 3. The largest absolute Gasteiger partial charge is 0.324 e. The molecule has 0 unspecified atom stereocenters. The van der Waals surface area contributed by atoms with Crippen LogP contribution in [0.3, 0.4) is 0 Å². The molecule has 0 bridgehead atoms. The number of amides is 3. The molecular weight excluding hydrogens is 434 g/mol. The van der Waals surface area contributed by atoms with Crippen molar-refractivity contribution in [3.05, 3.63) is 64.7 Å². The Balaban J connectivity index is 1.58. The fourth-order valence-electron chi connectivity index (χ4n) is 5.26. The van der Waals surface area contributed by atoms with Gasteiger partial charge in [-0.1, -0.05) is 48.0 Å². The molecule has 8 heteroatoms. The van der Waals surface area contributed by atoms with Crippen LogP contribution in [0.15, 0.2) is 48.5 Å². The summed E-state index contributed by atoms with van der Waals surface area (Å²) in [6.07, 6.45) is 2.70. The van der Waals surface area contributed by atoms with Gasteiger partial charge in [-0.05, 0) is 36.1 Å². The maximum absolute atomic E-state index is 13.7. The Bertz CT molecular complexity index is 1090. The Morgan fingerprint density at radius 1 is 1.06 bits per heavy atom. The Kier molecular flexibility index (Phi) is 5.07. The lowest BCUT2D eigenvalue weighted by molar-refractivity contribution is -0.143. The molecule has 3 aliphatic heterocycles. The Morgan fingerprint density at radius 3 is 2.58 bits per heavy atom. The van der Waals surface area contributed by atoms with Gasteiger partial charge in [0.25, 0.3) is 0 Å². The summed E-state index contributed by atoms with van der Waals surface area (Å²) in [4.78, 5) is 41.8. The van der Waals surface area contributed by atoms with Gasteiger partial charge in [0, 0.05) is 22.3 Å². The van der Waals surface area contributed by atoms with Crippen LogP contribution < -0.4 is 10.6 Å². The molecule has 1 spiro atoms. The average Bonchev–Trinajstić information content (AvgIpc) is 3.34. The van der Waals surface area contributed by atoms with Gasteiger partial charge in [0.2, 0.25) is 17.7 Å². The van der Waals surface area contributed by atoms with E-state index in [1.807, 2.05) is 48.7 Å². The molecule has 2 aromatic carbocycles. The smallest absolute Gasteiger partial charge is 0.250 e. The number of fused-ring (bicyclic) bond motifs is 4. The monoisotopic (exact) mass is 455 g/mol. The molecule has 0 aromatic heterocycles. The van der Waals surface area contributed by atoms with E-state index >= 15 is 0 Å². The molecule has 4 atom stereocenters. The third-order valence-electron chi connectivity index (χ3n) is 6.63. The maximum Gasteiger partial charge on any atom is 0.250 e. The van der Waals surface area contributed by atoms with E-state index in [1.165, 1.54) is 4.90 Å². The van der Waals surface area contributed by atoms with Crippen molar-refractivity contribution >= 4 is 46.8 Å². The lowest BCUT2D eigenvalue weighted by atomic mass is 9.76. The number of benzene rings is 2. The van der Waals surface area contributed by atoms with Crippen molar-refractivity contribution in [3.63, 3.8) is 0 Å². The molecular formula is C23H22ClN3O3S. The molecule has 0 radical (unpaired) electrons. The number of para-hydroxylation sites is 1. The minimum atomic E-state index is -1.23. The lowest BCUT2D eigenvalue weighted by Gasteiger charge is -2.29. The number of hydrogen-bond donors (Lipinski definition) is 2. The predicted molar refractivity (Wildman–Crippen MR) is 121 cm³/mol. The zero-order valence-electron chi connectivity index (χ0n) is 16.9. The summed E-state index contributed by atoms with van der Waals surface area (Å²) in [5.74, 6) is -1.36. The first-order valence-electron chi connectivity index (χ1n) is 10.2. The lowest BCUT2D eigenvalue weighted by Crippen LogP contribution is -2.53. The van der Waals surface area contributed by atoms with Crippen LogP contribution in [0.1, 0.15) is 17.5 Å². The number of thioether (sulfide) groups is 1. The third-order valence-corrected chi connectivity index (χ3v) is 7.65. The van der Waals surface area contributed by atoms with Gasteiger partial charge in [0.15, 0.2) is 0 Å². The molecule has 0 saturated carbocycles. The summed E-state index contributed by atoms with van der Waals surface area (Å²) in [5, 5.41) is 6.87. The van der Waals surface area contributed by atoms with Crippen molar-refractivity contribution in [3.8, 4) is 0 Å². The Morgan fingerprint density at radius 2 is 1.81 bits per heavy atom. The molecule has 2 N–H and O–H groups in total. The molecule has 160 valence electrons. The van der Waals surface area contributed by atoms with Crippen LogP contribution in [-0.2, 0) is 26.5 Å². The summed E-state index contributed by atoms with van der Waals surface area (Å²) < 4.78 is 0. The van der Waals surface area contributed by atoms with Gasteiger partial charge in [-0.25, -0.2) is 0 Å². The molecule has 2 saturated heterocycles. The number of rotatable bonds is 5. The van der Waals surface area contributed by atoms with Gasteiger partial charge in [-0.15, -0.1) is 0 Å². The quantitative estimate of drug-likeness (QED) is 0.677. The van der Waals surface area contributed by atoms with Crippen molar-refractivity contribution in [2.75, 3.05) is 17.3 Å². The van der Waals surface area contributed by atoms with Gasteiger partial charge in [0.05, 0.1) is 18.4 Å². The SMILES string of the molecule is CSCC[C@@H]1N[C@]2(C(=O)Nc3ccccc32)[C@@H]2C(=O)N(Cc3ccccc3Cl)C(=O)[C@H]12. The van der Waals surface area contributed by atoms with E-state index in [0.29, 0.717) is 22.7 Å². The van der Waals surface area contributed by atoms with E-state index in [9.17, 15) is 14.4 Å². The highest BCUT2D eigenvalue weighted by atomic mass is 35.5. The molecule has 3 heterocycles. The average molecular weight is 456 g/mol. The van der Waals surface area contributed by atoms with Crippen LogP contribution in [0.25, 0.3) is 0 Å². The number of nitrogens with zero attached hydrogens (tertiary/aromatic N) is 1. The highest BCUT2D eigenvalue weighted by molar-refractivity contribution is 7.98. The maximum atomic E-state index is 13.7. The molecule has 0 aliphatic carbocycles. The van der Waals surface area contributed by atoms with Gasteiger partial charge >= 0.3 is 0 Å². The topological polar surface area (TPSA) is 78.5 Å². The highest BCUT2D eigenvalue weighted by Crippen LogP contribution is 2.53. The van der Waals surface area contributed by atoms with E-state index in [0.717, 1.165) is 11.3 Å². The van der Waals surface area contributed by atoms with Crippen LogP contribution in [0.5, 0.6) is 0 Å². The molecule has 3 aliphatic rings. The number of carbonyl (C=O) groups excluding carboxylic acids is 3. The number of halogens is 1. The second-order valence-electron chi connectivity index (χ2n) is 8.20. The number of anilines is 1. The second-order valence-corrected chi connectivity index (χ2v) is 9.59. The van der Waals surface area contributed by atoms with Crippen molar-refractivity contribution in [2.45, 2.75) is 24.5 Å². The first-order chi connectivity index (χ1) is 15.0. The summed E-state index contributed by atoms with van der Waals surface area (Å²) in [7, 11) is 0. The first-order valence-corrected chi connectivity index (χ1v) is 12.0. The van der Waals surface area contributed by atoms with Crippen molar-refractivity contribution in [1.29, 1.82) is 0 Å². The summed E-state index contributed by atoms with van der Waals surface area (Å²) in [6, 6.07) is 14.3. The number of likely N-dealkylation sites (tertiary alicyclic amines) is 1. The second kappa shape index (κ2) is 7.65. The highest BCUT2D eigenvalue weighted by Gasteiger charge is 2.70. The van der Waals surface area contributed by atoms with Gasteiger partial charge in [-0.3, -0.25) is 24.6 Å². The normalized spacial score (nSPS) is 28.9. The zero-order valence-corrected chi connectivity index (χ0v) is 18.5. The van der Waals surface area contributed by atoms with E-state index in [2.05, 4.69) is 10.6 Å². The predicted octanol–water partition coefficient (Wildman–Crippen LogP) is 3.01. The molecule has 2 aromatic rings. The third kappa shape index (κ3) is 2.94. The molecule has 2 fully saturated rings. The Labute approximate surface area is 189 Å². The fraction of sp³-hybridized carbons (Fsp3) is 0.348. The van der Waals surface area contributed by atoms with Crippen LogP contribution in [0.2, 0.25) is 5.02 Å². The van der Waals surface area contributed by atoms with E-state index in [4.69, 9.17) is 11.6 Å². The summed E-state index contributed by atoms with van der Waals surface area (Å²) >= 11 is 7.98. The van der Waals surface area contributed by atoms with Crippen LogP contribution in [0, 0.1) is 11.8 Å². The Hall–Kier alpha value is -2.35. The standard InChI is InChI=1S/C23H22ClN3O3S/c1-31-11-10-17-18-19(23(26-17)14-7-3-5-9-16(14)25-22(23)30)21(29)27(20(18)28)12-13-6-2-4-8-15(13)24/h2-9,17-19,26H,10-12H2,1H3,(H,25,30)/t17-,18+,19-,23-/m0/s1. The van der Waals surface area contributed by atoms with Gasteiger partial charge in [0.1, 0.15) is 5.54 Å². The van der Waals surface area contributed by atoms with E-state index < -0.39 is 17.4 Å². The van der Waals surface area contributed by atoms with Crippen molar-refractivity contribution in [1.82, 2.24) is 10.2 Å². The van der Waals surface area contributed by atoms with Crippen LogP contribution in [0.4, 0.5) is 5.69 Å². The molecule has 3 amide bonds. The summed E-state index contributed by atoms with van der Waals surface area (Å²) in [5.41, 5.74) is 0.910. The minimum Gasteiger partial charge on any atom is -0.324 e. The number of hydrogen-bond acceptors (Lipinski definition) is 5. The van der Waals surface area contributed by atoms with E-state index in [-0.39, 0.29) is 30.3 Å². The fourth-order valence-corrected chi connectivity index (χ4v) is 5.95. The molecule has 31 heavy (non-hydrogen) atoms. The van der Waals surface area contributed by atoms with E-state index in [1.54, 1.807) is 17.8 Å². The van der Waals surface area contributed by atoms with Gasteiger partial charge < -0.3 is 5.32 Å². The molecule has 6 nitrogen and oxygen atoms in total. The molecule has 5 rings (SSSR count).